The minimum atomic E-state index is -0.437. The Bertz CT molecular complexity index is 999. The second kappa shape index (κ2) is 11.7. The molecule has 0 radical (unpaired) electrons. The van der Waals surface area contributed by atoms with E-state index in [9.17, 15) is 9.59 Å². The summed E-state index contributed by atoms with van der Waals surface area (Å²) in [5.41, 5.74) is 1.47. The van der Waals surface area contributed by atoms with Crippen molar-refractivity contribution in [3.8, 4) is 11.5 Å². The Hall–Kier alpha value is -3.30. The second-order valence-electron chi connectivity index (χ2n) is 8.55. The summed E-state index contributed by atoms with van der Waals surface area (Å²) in [6.07, 6.45) is -0.0999. The molecule has 0 aromatic heterocycles. The smallest absolute Gasteiger partial charge is 0.323 e. The fraction of sp³-hybridized carbons (Fsp3) is 0.440. The Morgan fingerprint density at radius 1 is 1.15 bits per heavy atom. The molecule has 9 heteroatoms. The van der Waals surface area contributed by atoms with Crippen LogP contribution in [-0.4, -0.2) is 69.9 Å². The van der Waals surface area contributed by atoms with E-state index in [4.69, 9.17) is 14.2 Å². The predicted molar refractivity (Wildman–Crippen MR) is 132 cm³/mol. The van der Waals surface area contributed by atoms with Crippen LogP contribution in [0.4, 0.5) is 16.2 Å². The average Bonchev–Trinajstić information content (AvgIpc) is 2.83. The number of carbonyl (C=O) groups is 2. The van der Waals surface area contributed by atoms with Gasteiger partial charge in [-0.15, -0.1) is 0 Å². The van der Waals surface area contributed by atoms with Gasteiger partial charge < -0.3 is 35.1 Å². The van der Waals surface area contributed by atoms with Crippen LogP contribution in [0.5, 0.6) is 11.5 Å². The van der Waals surface area contributed by atoms with Gasteiger partial charge in [-0.3, -0.25) is 4.79 Å². The summed E-state index contributed by atoms with van der Waals surface area (Å²) in [5.74, 6) is 1.01. The molecule has 0 spiro atoms. The number of urea groups is 1. The van der Waals surface area contributed by atoms with Gasteiger partial charge in [-0.25, -0.2) is 4.79 Å². The predicted octanol–water partition coefficient (Wildman–Crippen LogP) is 3.43. The van der Waals surface area contributed by atoms with Crippen LogP contribution in [0.15, 0.2) is 42.5 Å². The molecule has 3 amide bonds. The third-order valence-electron chi connectivity index (χ3n) is 5.84. The molecular weight excluding hydrogens is 436 g/mol. The van der Waals surface area contributed by atoms with Gasteiger partial charge in [0.15, 0.2) is 0 Å². The summed E-state index contributed by atoms with van der Waals surface area (Å²) in [7, 11) is 4.96. The quantitative estimate of drug-likeness (QED) is 0.633. The lowest BCUT2D eigenvalue weighted by Gasteiger charge is -2.30. The minimum absolute atomic E-state index is 0.0607. The lowest BCUT2D eigenvalue weighted by Crippen LogP contribution is -2.44. The number of fused-ring (bicyclic) bond motifs is 1. The Morgan fingerprint density at radius 2 is 1.91 bits per heavy atom. The summed E-state index contributed by atoms with van der Waals surface area (Å²) in [6, 6.07) is 11.8. The van der Waals surface area contributed by atoms with Crippen LogP contribution in [0.2, 0.25) is 0 Å². The Balaban J connectivity index is 1.81. The summed E-state index contributed by atoms with van der Waals surface area (Å²) >= 11 is 0. The molecule has 3 atom stereocenters. The molecule has 0 bridgehead atoms. The van der Waals surface area contributed by atoms with Crippen LogP contribution in [0.1, 0.15) is 24.2 Å². The first-order chi connectivity index (χ1) is 16.3. The molecule has 1 aliphatic rings. The summed E-state index contributed by atoms with van der Waals surface area (Å²) < 4.78 is 16.9. The van der Waals surface area contributed by atoms with Crippen LogP contribution >= 0.6 is 0 Å². The first-order valence-corrected chi connectivity index (χ1v) is 11.3. The van der Waals surface area contributed by atoms with Gasteiger partial charge in [0.05, 0.1) is 24.5 Å². The topological polar surface area (TPSA) is 101 Å². The SMILES string of the molecule is COc1ccccc1NC(=O)Nc1ccc2c(c1)OC[C@H](C)NC[C@H](C)[C@@H](OC)CN(C)C2=O. The molecule has 1 heterocycles. The van der Waals surface area contributed by atoms with E-state index in [2.05, 4.69) is 22.9 Å². The Labute approximate surface area is 200 Å². The van der Waals surface area contributed by atoms with Crippen molar-refractivity contribution in [2.75, 3.05) is 51.6 Å². The fourth-order valence-electron chi connectivity index (χ4n) is 3.77. The van der Waals surface area contributed by atoms with Gasteiger partial charge in [-0.05, 0) is 37.1 Å². The number of rotatable bonds is 4. The lowest BCUT2D eigenvalue weighted by molar-refractivity contribution is 0.0281. The van der Waals surface area contributed by atoms with Crippen molar-refractivity contribution in [2.24, 2.45) is 5.92 Å². The van der Waals surface area contributed by atoms with E-state index in [-0.39, 0.29) is 24.0 Å². The number of amides is 3. The molecule has 184 valence electrons. The molecular formula is C25H34N4O5. The van der Waals surface area contributed by atoms with Gasteiger partial charge >= 0.3 is 6.03 Å². The monoisotopic (exact) mass is 470 g/mol. The molecule has 1 aliphatic heterocycles. The number of nitrogens with zero attached hydrogens (tertiary/aromatic N) is 1. The van der Waals surface area contributed by atoms with Gasteiger partial charge in [0, 0.05) is 45.0 Å². The van der Waals surface area contributed by atoms with E-state index in [1.807, 2.05) is 13.0 Å². The summed E-state index contributed by atoms with van der Waals surface area (Å²) in [6.45, 7) is 5.68. The van der Waals surface area contributed by atoms with Gasteiger partial charge in [0.25, 0.3) is 5.91 Å². The fourth-order valence-corrected chi connectivity index (χ4v) is 3.77. The molecule has 34 heavy (non-hydrogen) atoms. The van der Waals surface area contributed by atoms with Gasteiger partial charge in [-0.2, -0.15) is 0 Å². The number of nitrogens with one attached hydrogen (secondary N) is 3. The zero-order valence-electron chi connectivity index (χ0n) is 20.4. The number of anilines is 2. The molecule has 2 aromatic carbocycles. The number of hydrogen-bond acceptors (Lipinski definition) is 6. The van der Waals surface area contributed by atoms with Crippen molar-refractivity contribution in [3.05, 3.63) is 48.0 Å². The van der Waals surface area contributed by atoms with Crippen molar-refractivity contribution < 1.29 is 23.8 Å². The largest absolute Gasteiger partial charge is 0.495 e. The first-order valence-electron chi connectivity index (χ1n) is 11.3. The number of likely N-dealkylation sites (N-methyl/N-ethyl adjacent to an activating group) is 1. The van der Waals surface area contributed by atoms with Crippen LogP contribution < -0.4 is 25.4 Å². The normalized spacial score (nSPS) is 21.4. The maximum absolute atomic E-state index is 13.2. The number of ether oxygens (including phenoxy) is 3. The third-order valence-corrected chi connectivity index (χ3v) is 5.84. The Kier molecular flexibility index (Phi) is 8.72. The van der Waals surface area contributed by atoms with E-state index < -0.39 is 6.03 Å². The average molecular weight is 471 g/mol. The molecule has 0 aliphatic carbocycles. The minimum Gasteiger partial charge on any atom is -0.495 e. The molecule has 0 saturated carbocycles. The molecule has 9 nitrogen and oxygen atoms in total. The highest BCUT2D eigenvalue weighted by atomic mass is 16.5. The number of para-hydroxylation sites is 2. The van der Waals surface area contributed by atoms with E-state index in [1.54, 1.807) is 62.6 Å². The Morgan fingerprint density at radius 3 is 2.65 bits per heavy atom. The molecule has 3 rings (SSSR count). The third kappa shape index (κ3) is 6.39. The lowest BCUT2D eigenvalue weighted by atomic mass is 10.0. The first kappa shape index (κ1) is 25.3. The van der Waals surface area contributed by atoms with Gasteiger partial charge in [0.1, 0.15) is 18.1 Å². The van der Waals surface area contributed by atoms with Gasteiger partial charge in [-0.1, -0.05) is 19.1 Å². The molecule has 3 N–H and O–H groups in total. The van der Waals surface area contributed by atoms with Crippen molar-refractivity contribution in [3.63, 3.8) is 0 Å². The highest BCUT2D eigenvalue weighted by Gasteiger charge is 2.25. The molecule has 0 fully saturated rings. The van der Waals surface area contributed by atoms with Crippen molar-refractivity contribution in [2.45, 2.75) is 26.0 Å². The van der Waals surface area contributed by atoms with E-state index in [1.165, 1.54) is 0 Å². The standard InChI is InChI=1S/C25H34N4O5/c1-16-13-26-17(2)15-34-22-12-18(10-11-19(22)24(30)29(3)14-23(16)33-5)27-25(31)28-20-8-6-7-9-21(20)32-4/h6-12,16-17,23,26H,13-15H2,1-5H3,(H2,27,28,31)/t16-,17-,23-/m0/s1. The van der Waals surface area contributed by atoms with Crippen molar-refractivity contribution in [1.29, 1.82) is 0 Å². The van der Waals surface area contributed by atoms with Crippen LogP contribution in [0.3, 0.4) is 0 Å². The summed E-state index contributed by atoms with van der Waals surface area (Å²) in [5, 5.41) is 9.02. The summed E-state index contributed by atoms with van der Waals surface area (Å²) in [4.78, 5) is 27.4. The maximum atomic E-state index is 13.2. The molecule has 2 aromatic rings. The van der Waals surface area contributed by atoms with Gasteiger partial charge in [0.2, 0.25) is 0 Å². The van der Waals surface area contributed by atoms with E-state index >= 15 is 0 Å². The highest BCUT2D eigenvalue weighted by Crippen LogP contribution is 2.27. The van der Waals surface area contributed by atoms with Crippen LogP contribution in [-0.2, 0) is 4.74 Å². The van der Waals surface area contributed by atoms with Crippen LogP contribution in [0.25, 0.3) is 0 Å². The number of benzene rings is 2. The zero-order chi connectivity index (χ0) is 24.7. The molecule has 0 unspecified atom stereocenters. The molecule has 0 saturated heterocycles. The van der Waals surface area contributed by atoms with E-state index in [0.29, 0.717) is 41.6 Å². The maximum Gasteiger partial charge on any atom is 0.323 e. The van der Waals surface area contributed by atoms with Crippen molar-refractivity contribution >= 4 is 23.3 Å². The highest BCUT2D eigenvalue weighted by molar-refractivity contribution is 6.02. The number of methoxy groups -OCH3 is 2. The van der Waals surface area contributed by atoms with E-state index in [0.717, 1.165) is 6.54 Å². The van der Waals surface area contributed by atoms with Crippen molar-refractivity contribution in [1.82, 2.24) is 10.2 Å². The zero-order valence-corrected chi connectivity index (χ0v) is 20.4. The number of carbonyl (C=O) groups excluding carboxylic acids is 2. The van der Waals surface area contributed by atoms with Crippen LogP contribution in [0, 0.1) is 5.92 Å². The second-order valence-corrected chi connectivity index (χ2v) is 8.55. The number of hydrogen-bond donors (Lipinski definition) is 3.